The van der Waals surface area contributed by atoms with Crippen LogP contribution in [0.25, 0.3) is 0 Å². The summed E-state index contributed by atoms with van der Waals surface area (Å²) in [7, 11) is 0. The second-order valence-corrected chi connectivity index (χ2v) is 5.18. The van der Waals surface area contributed by atoms with Crippen molar-refractivity contribution in [3.63, 3.8) is 0 Å². The first-order valence-electron chi connectivity index (χ1n) is 4.53. The summed E-state index contributed by atoms with van der Waals surface area (Å²) in [6.45, 7) is 5.69. The summed E-state index contributed by atoms with van der Waals surface area (Å²) in [6, 6.07) is 3.62. The van der Waals surface area contributed by atoms with Gasteiger partial charge < -0.3 is 5.73 Å². The molecular formula is C11H15BrFN. The van der Waals surface area contributed by atoms with E-state index in [-0.39, 0.29) is 11.4 Å². The van der Waals surface area contributed by atoms with Crippen LogP contribution >= 0.6 is 15.9 Å². The lowest BCUT2D eigenvalue weighted by atomic mass is 9.93. The van der Waals surface area contributed by atoms with Crippen LogP contribution in [0.3, 0.4) is 0 Å². The summed E-state index contributed by atoms with van der Waals surface area (Å²) in [6.07, 6.45) is 0.546. The average molecular weight is 260 g/mol. The summed E-state index contributed by atoms with van der Waals surface area (Å²) in [5.41, 5.74) is 7.14. The third kappa shape index (κ3) is 2.79. The van der Waals surface area contributed by atoms with Gasteiger partial charge in [-0.3, -0.25) is 0 Å². The number of halogens is 2. The van der Waals surface area contributed by atoms with Gasteiger partial charge in [-0.15, -0.1) is 0 Å². The highest BCUT2D eigenvalue weighted by Crippen LogP contribution is 2.24. The zero-order valence-electron chi connectivity index (χ0n) is 8.70. The fraction of sp³-hybridized carbons (Fsp3) is 0.455. The molecule has 1 rings (SSSR count). The number of hydrogen-bond acceptors (Lipinski definition) is 1. The molecule has 2 N–H and O–H groups in total. The van der Waals surface area contributed by atoms with E-state index < -0.39 is 0 Å². The molecule has 0 saturated heterocycles. The van der Waals surface area contributed by atoms with E-state index in [0.717, 1.165) is 5.56 Å². The number of hydrogen-bond donors (Lipinski definition) is 1. The quantitative estimate of drug-likeness (QED) is 0.868. The van der Waals surface area contributed by atoms with Gasteiger partial charge in [0.15, 0.2) is 0 Å². The topological polar surface area (TPSA) is 26.0 Å². The van der Waals surface area contributed by atoms with Gasteiger partial charge in [0.1, 0.15) is 5.82 Å². The number of nitrogens with two attached hydrogens (primary N) is 1. The van der Waals surface area contributed by atoms with Crippen LogP contribution in [0.5, 0.6) is 0 Å². The fourth-order valence-electron chi connectivity index (χ4n) is 1.36. The van der Waals surface area contributed by atoms with E-state index in [9.17, 15) is 4.39 Å². The Morgan fingerprint density at radius 2 is 2.00 bits per heavy atom. The SMILES string of the molecule is Cc1ccc(Br)c(F)c1CC(C)(C)N. The Morgan fingerprint density at radius 3 is 2.50 bits per heavy atom. The van der Waals surface area contributed by atoms with Crippen molar-refractivity contribution in [3.8, 4) is 0 Å². The molecule has 3 heteroatoms. The van der Waals surface area contributed by atoms with Crippen LogP contribution in [0.2, 0.25) is 0 Å². The molecule has 14 heavy (non-hydrogen) atoms. The molecule has 0 aliphatic rings. The molecule has 1 nitrogen and oxygen atoms in total. The monoisotopic (exact) mass is 259 g/mol. The van der Waals surface area contributed by atoms with Crippen molar-refractivity contribution in [3.05, 3.63) is 33.5 Å². The number of benzene rings is 1. The molecule has 0 spiro atoms. The molecular weight excluding hydrogens is 245 g/mol. The molecule has 0 radical (unpaired) electrons. The van der Waals surface area contributed by atoms with Crippen LogP contribution in [0, 0.1) is 12.7 Å². The molecule has 0 aromatic heterocycles. The van der Waals surface area contributed by atoms with Crippen molar-refractivity contribution < 1.29 is 4.39 Å². The third-order valence-corrected chi connectivity index (χ3v) is 2.68. The van der Waals surface area contributed by atoms with E-state index in [2.05, 4.69) is 15.9 Å². The number of aryl methyl sites for hydroxylation is 1. The van der Waals surface area contributed by atoms with E-state index in [0.29, 0.717) is 16.5 Å². The number of rotatable bonds is 2. The van der Waals surface area contributed by atoms with Gasteiger partial charge in [0, 0.05) is 5.54 Å². The van der Waals surface area contributed by atoms with Crippen molar-refractivity contribution in [1.29, 1.82) is 0 Å². The summed E-state index contributed by atoms with van der Waals surface area (Å²) < 4.78 is 14.2. The lowest BCUT2D eigenvalue weighted by molar-refractivity contribution is 0.494. The molecule has 0 fully saturated rings. The zero-order valence-corrected chi connectivity index (χ0v) is 10.3. The first-order valence-corrected chi connectivity index (χ1v) is 5.33. The van der Waals surface area contributed by atoms with Gasteiger partial charge in [0.25, 0.3) is 0 Å². The first kappa shape index (κ1) is 11.7. The maximum Gasteiger partial charge on any atom is 0.140 e. The minimum absolute atomic E-state index is 0.191. The Balaban J connectivity index is 3.13. The van der Waals surface area contributed by atoms with Crippen LogP contribution < -0.4 is 5.73 Å². The molecule has 0 heterocycles. The molecule has 0 aliphatic carbocycles. The average Bonchev–Trinajstić information content (AvgIpc) is 2.04. The summed E-state index contributed by atoms with van der Waals surface area (Å²) in [5.74, 6) is -0.191. The van der Waals surface area contributed by atoms with Gasteiger partial charge >= 0.3 is 0 Å². The lowest BCUT2D eigenvalue weighted by Crippen LogP contribution is -2.35. The summed E-state index contributed by atoms with van der Waals surface area (Å²) in [5, 5.41) is 0. The smallest absolute Gasteiger partial charge is 0.140 e. The highest BCUT2D eigenvalue weighted by atomic mass is 79.9. The second kappa shape index (κ2) is 3.99. The first-order chi connectivity index (χ1) is 6.31. The predicted octanol–water partition coefficient (Wildman–Crippen LogP) is 3.18. The third-order valence-electron chi connectivity index (χ3n) is 2.06. The van der Waals surface area contributed by atoms with Crippen LogP contribution in [0.15, 0.2) is 16.6 Å². The molecule has 78 valence electrons. The molecule has 0 amide bonds. The van der Waals surface area contributed by atoms with Crippen molar-refractivity contribution in [2.75, 3.05) is 0 Å². The second-order valence-electron chi connectivity index (χ2n) is 4.32. The highest BCUT2D eigenvalue weighted by Gasteiger charge is 2.17. The van der Waals surface area contributed by atoms with E-state index in [1.54, 1.807) is 6.07 Å². The van der Waals surface area contributed by atoms with Crippen LogP contribution in [0.4, 0.5) is 4.39 Å². The molecule has 0 unspecified atom stereocenters. The minimum atomic E-state index is -0.383. The van der Waals surface area contributed by atoms with E-state index in [1.165, 1.54) is 0 Å². The molecule has 1 aromatic carbocycles. The van der Waals surface area contributed by atoms with E-state index in [4.69, 9.17) is 5.73 Å². The Hall–Kier alpha value is -0.410. The molecule has 0 saturated carbocycles. The normalized spacial score (nSPS) is 11.9. The van der Waals surface area contributed by atoms with Gasteiger partial charge in [-0.1, -0.05) is 6.07 Å². The summed E-state index contributed by atoms with van der Waals surface area (Å²) >= 11 is 3.17. The Morgan fingerprint density at radius 1 is 1.43 bits per heavy atom. The van der Waals surface area contributed by atoms with Gasteiger partial charge in [0.2, 0.25) is 0 Å². The van der Waals surface area contributed by atoms with Gasteiger partial charge in [-0.25, -0.2) is 4.39 Å². The van der Waals surface area contributed by atoms with Crippen molar-refractivity contribution in [1.82, 2.24) is 0 Å². The molecule has 0 aliphatic heterocycles. The Labute approximate surface area is 92.6 Å². The lowest BCUT2D eigenvalue weighted by Gasteiger charge is -2.20. The highest BCUT2D eigenvalue weighted by molar-refractivity contribution is 9.10. The molecule has 0 bridgehead atoms. The van der Waals surface area contributed by atoms with Gasteiger partial charge in [0.05, 0.1) is 4.47 Å². The van der Waals surface area contributed by atoms with E-state index in [1.807, 2.05) is 26.8 Å². The summed E-state index contributed by atoms with van der Waals surface area (Å²) in [4.78, 5) is 0. The van der Waals surface area contributed by atoms with Crippen molar-refractivity contribution in [2.45, 2.75) is 32.7 Å². The maximum absolute atomic E-state index is 13.7. The van der Waals surface area contributed by atoms with Crippen LogP contribution in [-0.4, -0.2) is 5.54 Å². The van der Waals surface area contributed by atoms with Crippen LogP contribution in [-0.2, 0) is 6.42 Å². The zero-order chi connectivity index (χ0) is 10.9. The largest absolute Gasteiger partial charge is 0.325 e. The maximum atomic E-state index is 13.7. The van der Waals surface area contributed by atoms with Gasteiger partial charge in [-0.05, 0) is 60.3 Å². The van der Waals surface area contributed by atoms with Crippen molar-refractivity contribution >= 4 is 15.9 Å². The molecule has 0 atom stereocenters. The minimum Gasteiger partial charge on any atom is -0.325 e. The Bertz CT molecular complexity index is 342. The molecule has 1 aromatic rings. The standard InChI is InChI=1S/C11H15BrFN/c1-7-4-5-9(12)10(13)8(7)6-11(2,3)14/h4-5H,6,14H2,1-3H3. The Kier molecular flexibility index (Phi) is 3.32. The van der Waals surface area contributed by atoms with Gasteiger partial charge in [-0.2, -0.15) is 0 Å². The van der Waals surface area contributed by atoms with Crippen molar-refractivity contribution in [2.24, 2.45) is 5.73 Å². The predicted molar refractivity (Wildman–Crippen MR) is 60.8 cm³/mol. The van der Waals surface area contributed by atoms with Crippen LogP contribution in [0.1, 0.15) is 25.0 Å². The van der Waals surface area contributed by atoms with E-state index >= 15 is 0 Å². The fourth-order valence-corrected chi connectivity index (χ4v) is 1.73.